The number of nitrogens with one attached hydrogen (secondary N) is 3. The van der Waals surface area contributed by atoms with Gasteiger partial charge < -0.3 is 16.0 Å². The maximum absolute atomic E-state index is 4.66. The molecule has 0 amide bonds. The molecule has 0 atom stereocenters. The topological polar surface area (TPSA) is 61.3 Å². The van der Waals surface area contributed by atoms with Crippen molar-refractivity contribution in [2.24, 2.45) is 4.99 Å². The largest absolute Gasteiger partial charge is 0.368 e. The fraction of sp³-hybridized carbons (Fsp3) is 0.474. The quantitative estimate of drug-likeness (QED) is 0.434. The SMILES string of the molecule is CCNC(=NCCNc1ccc2ccccc2n1)NC1CCCC1. The lowest BCUT2D eigenvalue weighted by molar-refractivity contribution is 0.614. The Balaban J connectivity index is 1.51. The predicted molar refractivity (Wildman–Crippen MR) is 102 cm³/mol. The molecule has 0 radical (unpaired) electrons. The normalized spacial score (nSPS) is 15.6. The van der Waals surface area contributed by atoms with E-state index in [0.717, 1.165) is 42.3 Å². The van der Waals surface area contributed by atoms with Crippen LogP contribution in [0, 0.1) is 0 Å². The Morgan fingerprint density at radius 2 is 2.00 bits per heavy atom. The number of guanidine groups is 1. The van der Waals surface area contributed by atoms with Gasteiger partial charge in [0.05, 0.1) is 12.1 Å². The summed E-state index contributed by atoms with van der Waals surface area (Å²) in [5, 5.41) is 11.4. The Bertz CT molecular complexity index is 676. The number of aromatic nitrogens is 1. The fourth-order valence-corrected chi connectivity index (χ4v) is 3.10. The molecule has 1 heterocycles. The highest BCUT2D eigenvalue weighted by Gasteiger charge is 2.15. The van der Waals surface area contributed by atoms with E-state index in [1.54, 1.807) is 0 Å². The van der Waals surface area contributed by atoms with E-state index in [4.69, 9.17) is 0 Å². The zero-order valence-electron chi connectivity index (χ0n) is 14.4. The Kier molecular flexibility index (Phi) is 5.88. The summed E-state index contributed by atoms with van der Waals surface area (Å²) in [4.78, 5) is 9.28. The summed E-state index contributed by atoms with van der Waals surface area (Å²) in [7, 11) is 0. The molecule has 1 aromatic carbocycles. The summed E-state index contributed by atoms with van der Waals surface area (Å²) < 4.78 is 0. The van der Waals surface area contributed by atoms with E-state index in [1.165, 1.54) is 25.7 Å². The molecule has 0 saturated heterocycles. The molecule has 5 heteroatoms. The highest BCUT2D eigenvalue weighted by atomic mass is 15.2. The van der Waals surface area contributed by atoms with Crippen molar-refractivity contribution in [1.29, 1.82) is 0 Å². The lowest BCUT2D eigenvalue weighted by Gasteiger charge is -2.16. The van der Waals surface area contributed by atoms with E-state index >= 15 is 0 Å². The fourth-order valence-electron chi connectivity index (χ4n) is 3.10. The van der Waals surface area contributed by atoms with E-state index in [9.17, 15) is 0 Å². The van der Waals surface area contributed by atoms with E-state index < -0.39 is 0 Å². The second-order valence-corrected chi connectivity index (χ2v) is 6.20. The summed E-state index contributed by atoms with van der Waals surface area (Å²) >= 11 is 0. The molecule has 0 aliphatic heterocycles. The van der Waals surface area contributed by atoms with Gasteiger partial charge in [-0.2, -0.15) is 0 Å². The first kappa shape index (κ1) is 16.6. The molecule has 1 aromatic heterocycles. The highest BCUT2D eigenvalue weighted by Crippen LogP contribution is 2.17. The first-order valence-electron chi connectivity index (χ1n) is 8.99. The second-order valence-electron chi connectivity index (χ2n) is 6.20. The number of pyridine rings is 1. The van der Waals surface area contributed by atoms with Gasteiger partial charge in [0.25, 0.3) is 0 Å². The number of aliphatic imine (C=N–C) groups is 1. The van der Waals surface area contributed by atoms with Gasteiger partial charge in [-0.25, -0.2) is 4.98 Å². The van der Waals surface area contributed by atoms with Crippen LogP contribution in [0.1, 0.15) is 32.6 Å². The number of para-hydroxylation sites is 1. The van der Waals surface area contributed by atoms with Crippen molar-refractivity contribution >= 4 is 22.7 Å². The van der Waals surface area contributed by atoms with E-state index in [-0.39, 0.29) is 0 Å². The number of nitrogens with zero attached hydrogens (tertiary/aromatic N) is 2. The third kappa shape index (κ3) is 4.60. The lowest BCUT2D eigenvalue weighted by Crippen LogP contribution is -2.42. The van der Waals surface area contributed by atoms with Gasteiger partial charge in [0.1, 0.15) is 5.82 Å². The van der Waals surface area contributed by atoms with Gasteiger partial charge in [-0.1, -0.05) is 31.0 Å². The molecule has 24 heavy (non-hydrogen) atoms. The molecule has 0 unspecified atom stereocenters. The molecule has 2 aromatic rings. The summed E-state index contributed by atoms with van der Waals surface area (Å²) in [5.41, 5.74) is 1.02. The van der Waals surface area contributed by atoms with Crippen LogP contribution >= 0.6 is 0 Å². The number of rotatable bonds is 6. The lowest BCUT2D eigenvalue weighted by atomic mass is 10.2. The molecule has 1 aliphatic carbocycles. The van der Waals surface area contributed by atoms with Gasteiger partial charge in [-0.3, -0.25) is 4.99 Å². The molecule has 0 spiro atoms. The number of hydrogen-bond donors (Lipinski definition) is 3. The van der Waals surface area contributed by atoms with Crippen molar-refractivity contribution in [2.75, 3.05) is 25.0 Å². The average molecular weight is 325 g/mol. The predicted octanol–water partition coefficient (Wildman–Crippen LogP) is 3.14. The van der Waals surface area contributed by atoms with Crippen molar-refractivity contribution in [3.05, 3.63) is 36.4 Å². The van der Waals surface area contributed by atoms with Crippen molar-refractivity contribution in [1.82, 2.24) is 15.6 Å². The molecule has 0 bridgehead atoms. The average Bonchev–Trinajstić information content (AvgIpc) is 3.12. The van der Waals surface area contributed by atoms with Gasteiger partial charge in [0.15, 0.2) is 5.96 Å². The summed E-state index contributed by atoms with van der Waals surface area (Å²) in [6.07, 6.45) is 5.16. The summed E-state index contributed by atoms with van der Waals surface area (Å²) in [6, 6.07) is 12.9. The monoisotopic (exact) mass is 325 g/mol. The van der Waals surface area contributed by atoms with Crippen LogP contribution in [0.2, 0.25) is 0 Å². The molecular formula is C19H27N5. The maximum atomic E-state index is 4.66. The van der Waals surface area contributed by atoms with E-state index in [1.807, 2.05) is 24.3 Å². The van der Waals surface area contributed by atoms with Crippen molar-refractivity contribution in [3.8, 4) is 0 Å². The van der Waals surface area contributed by atoms with Gasteiger partial charge in [0, 0.05) is 24.5 Å². The van der Waals surface area contributed by atoms with Crippen molar-refractivity contribution < 1.29 is 0 Å². The second kappa shape index (κ2) is 8.52. The Morgan fingerprint density at radius 3 is 2.83 bits per heavy atom. The molecular weight excluding hydrogens is 298 g/mol. The number of hydrogen-bond acceptors (Lipinski definition) is 3. The first-order valence-corrected chi connectivity index (χ1v) is 8.99. The van der Waals surface area contributed by atoms with E-state index in [2.05, 4.69) is 45.0 Å². The number of anilines is 1. The number of benzene rings is 1. The van der Waals surface area contributed by atoms with Crippen LogP contribution < -0.4 is 16.0 Å². The van der Waals surface area contributed by atoms with Gasteiger partial charge in [0.2, 0.25) is 0 Å². The van der Waals surface area contributed by atoms with Crippen LogP contribution in [-0.4, -0.2) is 36.6 Å². The zero-order valence-corrected chi connectivity index (χ0v) is 14.4. The third-order valence-corrected chi connectivity index (χ3v) is 4.33. The van der Waals surface area contributed by atoms with Gasteiger partial charge in [-0.15, -0.1) is 0 Å². The van der Waals surface area contributed by atoms with Crippen LogP contribution in [0.5, 0.6) is 0 Å². The summed E-state index contributed by atoms with van der Waals surface area (Å²) in [6.45, 7) is 4.48. The smallest absolute Gasteiger partial charge is 0.191 e. The summed E-state index contributed by atoms with van der Waals surface area (Å²) in [5.74, 6) is 1.83. The van der Waals surface area contributed by atoms with Gasteiger partial charge >= 0.3 is 0 Å². The standard InChI is InChI=1S/C19H27N5/c1-2-20-19(23-16-8-4-5-9-16)22-14-13-21-18-12-11-15-7-3-6-10-17(15)24-18/h3,6-7,10-12,16H,2,4-5,8-9,13-14H2,1H3,(H,21,24)(H2,20,22,23). The highest BCUT2D eigenvalue weighted by molar-refractivity contribution is 5.80. The minimum atomic E-state index is 0.581. The number of fused-ring (bicyclic) bond motifs is 1. The first-order chi connectivity index (χ1) is 11.8. The van der Waals surface area contributed by atoms with E-state index in [0.29, 0.717) is 6.04 Å². The Labute approximate surface area is 144 Å². The molecule has 128 valence electrons. The van der Waals surface area contributed by atoms with Crippen molar-refractivity contribution in [2.45, 2.75) is 38.6 Å². The molecule has 5 nitrogen and oxygen atoms in total. The van der Waals surface area contributed by atoms with Crippen molar-refractivity contribution in [3.63, 3.8) is 0 Å². The Hall–Kier alpha value is -2.30. The molecule has 3 N–H and O–H groups in total. The molecule has 1 fully saturated rings. The van der Waals surface area contributed by atoms with Crippen LogP contribution in [0.25, 0.3) is 10.9 Å². The molecule has 3 rings (SSSR count). The third-order valence-electron chi connectivity index (χ3n) is 4.33. The zero-order chi connectivity index (χ0) is 16.6. The van der Waals surface area contributed by atoms with Crippen LogP contribution in [0.15, 0.2) is 41.4 Å². The van der Waals surface area contributed by atoms with Gasteiger partial charge in [-0.05, 0) is 38.0 Å². The minimum absolute atomic E-state index is 0.581. The van der Waals surface area contributed by atoms with Crippen LogP contribution in [0.4, 0.5) is 5.82 Å². The maximum Gasteiger partial charge on any atom is 0.191 e. The van der Waals surface area contributed by atoms with Crippen LogP contribution in [0.3, 0.4) is 0 Å². The molecule has 1 saturated carbocycles. The Morgan fingerprint density at radius 1 is 1.17 bits per heavy atom. The van der Waals surface area contributed by atoms with Crippen LogP contribution in [-0.2, 0) is 0 Å². The molecule has 1 aliphatic rings. The minimum Gasteiger partial charge on any atom is -0.368 e.